The highest BCUT2D eigenvalue weighted by atomic mass is 32.2. The number of rotatable bonds is 4. The predicted molar refractivity (Wildman–Crippen MR) is 108 cm³/mol. The first-order valence-corrected chi connectivity index (χ1v) is 10.4. The van der Waals surface area contributed by atoms with E-state index in [1.807, 2.05) is 24.3 Å². The van der Waals surface area contributed by atoms with Crippen molar-refractivity contribution in [2.24, 2.45) is 0 Å². The first kappa shape index (κ1) is 19.0. The summed E-state index contributed by atoms with van der Waals surface area (Å²) in [5, 5.41) is 6.89. The summed E-state index contributed by atoms with van der Waals surface area (Å²) in [6.07, 6.45) is 1.56. The van der Waals surface area contributed by atoms with Gasteiger partial charge in [-0.2, -0.15) is 4.31 Å². The molecule has 1 aliphatic rings. The fourth-order valence-electron chi connectivity index (χ4n) is 3.19. The van der Waals surface area contributed by atoms with Crippen LogP contribution in [0, 0.1) is 0 Å². The molecule has 1 aliphatic heterocycles. The Kier molecular flexibility index (Phi) is 4.99. The Bertz CT molecular complexity index is 1200. The quantitative estimate of drug-likeness (QED) is 0.679. The zero-order chi connectivity index (χ0) is 20.4. The van der Waals surface area contributed by atoms with E-state index in [-0.39, 0.29) is 36.1 Å². The Morgan fingerprint density at radius 1 is 1.10 bits per heavy atom. The van der Waals surface area contributed by atoms with Gasteiger partial charge in [0.05, 0.1) is 11.4 Å². The fraction of sp³-hybridized carbons (Fsp3) is 0.150. The van der Waals surface area contributed by atoms with Crippen LogP contribution in [0.3, 0.4) is 0 Å². The van der Waals surface area contributed by atoms with Crippen molar-refractivity contribution in [3.05, 3.63) is 66.5 Å². The van der Waals surface area contributed by atoms with Crippen LogP contribution < -0.4 is 10.6 Å². The van der Waals surface area contributed by atoms with Gasteiger partial charge in [0, 0.05) is 30.4 Å². The maximum atomic E-state index is 12.8. The lowest BCUT2D eigenvalue weighted by Crippen LogP contribution is -2.49. The highest BCUT2D eigenvalue weighted by Gasteiger charge is 2.29. The largest absolute Gasteiger partial charge is 0.354 e. The third-order valence-electron chi connectivity index (χ3n) is 4.62. The molecule has 0 saturated carbocycles. The van der Waals surface area contributed by atoms with Gasteiger partial charge in [-0.3, -0.25) is 14.6 Å². The van der Waals surface area contributed by atoms with Crippen LogP contribution in [-0.2, 0) is 14.8 Å². The maximum absolute atomic E-state index is 12.8. The summed E-state index contributed by atoms with van der Waals surface area (Å²) in [4.78, 5) is 28.5. The zero-order valence-electron chi connectivity index (χ0n) is 15.3. The number of amides is 2. The van der Waals surface area contributed by atoms with E-state index >= 15 is 0 Å². The minimum absolute atomic E-state index is 0.0101. The van der Waals surface area contributed by atoms with E-state index in [1.165, 1.54) is 12.1 Å². The average Bonchev–Trinajstić information content (AvgIpc) is 2.73. The van der Waals surface area contributed by atoms with Crippen LogP contribution in [0.5, 0.6) is 0 Å². The third kappa shape index (κ3) is 3.82. The molecule has 9 heteroatoms. The van der Waals surface area contributed by atoms with E-state index in [1.54, 1.807) is 24.4 Å². The molecule has 1 aromatic heterocycles. The van der Waals surface area contributed by atoms with E-state index < -0.39 is 15.9 Å². The van der Waals surface area contributed by atoms with Gasteiger partial charge in [0.25, 0.3) is 5.91 Å². The molecule has 2 heterocycles. The number of sulfonamides is 1. The van der Waals surface area contributed by atoms with E-state index in [2.05, 4.69) is 15.6 Å². The number of hydrogen-bond acceptors (Lipinski definition) is 5. The van der Waals surface area contributed by atoms with E-state index in [4.69, 9.17) is 0 Å². The normalized spacial score (nSPS) is 15.1. The molecule has 2 N–H and O–H groups in total. The second-order valence-electron chi connectivity index (χ2n) is 6.55. The van der Waals surface area contributed by atoms with Gasteiger partial charge in [-0.15, -0.1) is 0 Å². The average molecular weight is 410 g/mol. The van der Waals surface area contributed by atoms with Crippen molar-refractivity contribution >= 4 is 38.3 Å². The van der Waals surface area contributed by atoms with Gasteiger partial charge in [0.1, 0.15) is 5.69 Å². The highest BCUT2D eigenvalue weighted by Crippen LogP contribution is 2.22. The summed E-state index contributed by atoms with van der Waals surface area (Å²) in [5.74, 6) is -0.778. The number of carbonyl (C=O) groups is 2. The molecular weight excluding hydrogens is 392 g/mol. The van der Waals surface area contributed by atoms with Crippen molar-refractivity contribution in [1.29, 1.82) is 0 Å². The standard InChI is InChI=1S/C20H18N4O4S/c25-18-13-24(11-10-21-18)29(27,28)16-6-3-5-15(12-16)23-20(26)19-17-7-2-1-4-14(17)8-9-22-19/h1-9,12H,10-11,13H2,(H,21,25)(H,23,26). The summed E-state index contributed by atoms with van der Waals surface area (Å²) in [6.45, 7) is 0.241. The molecule has 29 heavy (non-hydrogen) atoms. The summed E-state index contributed by atoms with van der Waals surface area (Å²) < 4.78 is 26.8. The zero-order valence-corrected chi connectivity index (χ0v) is 16.1. The molecule has 0 radical (unpaired) electrons. The number of carbonyl (C=O) groups excluding carboxylic acids is 2. The van der Waals surface area contributed by atoms with Crippen LogP contribution in [0.15, 0.2) is 65.7 Å². The summed E-state index contributed by atoms with van der Waals surface area (Å²) in [5.41, 5.74) is 0.580. The van der Waals surface area contributed by atoms with Crippen LogP contribution in [0.4, 0.5) is 5.69 Å². The number of fused-ring (bicyclic) bond motifs is 1. The predicted octanol–water partition coefficient (Wildman–Crippen LogP) is 1.61. The summed E-state index contributed by atoms with van der Waals surface area (Å²) >= 11 is 0. The Labute approximate surface area is 167 Å². The first-order chi connectivity index (χ1) is 13.9. The van der Waals surface area contributed by atoms with Crippen molar-refractivity contribution in [3.8, 4) is 0 Å². The second kappa shape index (κ2) is 7.61. The van der Waals surface area contributed by atoms with Crippen molar-refractivity contribution in [1.82, 2.24) is 14.6 Å². The van der Waals surface area contributed by atoms with E-state index in [0.29, 0.717) is 11.1 Å². The van der Waals surface area contributed by atoms with Gasteiger partial charge < -0.3 is 10.6 Å². The van der Waals surface area contributed by atoms with Crippen molar-refractivity contribution < 1.29 is 18.0 Å². The number of piperazine rings is 1. The van der Waals surface area contributed by atoms with Crippen LogP contribution in [0.25, 0.3) is 10.8 Å². The molecule has 0 bridgehead atoms. The monoisotopic (exact) mass is 410 g/mol. The van der Waals surface area contributed by atoms with Gasteiger partial charge in [-0.25, -0.2) is 8.42 Å². The van der Waals surface area contributed by atoms with E-state index in [9.17, 15) is 18.0 Å². The second-order valence-corrected chi connectivity index (χ2v) is 8.49. The molecule has 0 spiro atoms. The third-order valence-corrected chi connectivity index (χ3v) is 6.46. The van der Waals surface area contributed by atoms with E-state index in [0.717, 1.165) is 9.69 Å². The minimum Gasteiger partial charge on any atom is -0.354 e. The molecule has 0 unspecified atom stereocenters. The minimum atomic E-state index is -3.85. The van der Waals surface area contributed by atoms with Crippen molar-refractivity contribution in [2.75, 3.05) is 25.0 Å². The van der Waals surface area contributed by atoms with Crippen LogP contribution in [0.1, 0.15) is 10.5 Å². The molecule has 4 rings (SSSR count). The fourth-order valence-corrected chi connectivity index (χ4v) is 4.64. The molecule has 3 aromatic rings. The number of aromatic nitrogens is 1. The number of nitrogens with one attached hydrogen (secondary N) is 2. The number of benzene rings is 2. The van der Waals surface area contributed by atoms with Gasteiger partial charge in [0.15, 0.2) is 0 Å². The van der Waals surface area contributed by atoms with Gasteiger partial charge in [-0.05, 0) is 29.7 Å². The topological polar surface area (TPSA) is 108 Å². The number of pyridine rings is 1. The van der Waals surface area contributed by atoms with Crippen LogP contribution in [0.2, 0.25) is 0 Å². The lowest BCUT2D eigenvalue weighted by atomic mass is 10.1. The Morgan fingerprint density at radius 2 is 1.93 bits per heavy atom. The smallest absolute Gasteiger partial charge is 0.274 e. The lowest BCUT2D eigenvalue weighted by molar-refractivity contribution is -0.122. The Hall–Kier alpha value is -3.30. The van der Waals surface area contributed by atoms with Gasteiger partial charge >= 0.3 is 0 Å². The molecule has 1 fully saturated rings. The Balaban J connectivity index is 1.60. The number of nitrogens with zero attached hydrogens (tertiary/aromatic N) is 2. The molecule has 1 saturated heterocycles. The maximum Gasteiger partial charge on any atom is 0.274 e. The number of anilines is 1. The van der Waals surface area contributed by atoms with Crippen LogP contribution >= 0.6 is 0 Å². The molecular formula is C20H18N4O4S. The first-order valence-electron chi connectivity index (χ1n) is 8.97. The lowest BCUT2D eigenvalue weighted by Gasteiger charge is -2.26. The highest BCUT2D eigenvalue weighted by molar-refractivity contribution is 7.89. The van der Waals surface area contributed by atoms with Gasteiger partial charge in [0.2, 0.25) is 15.9 Å². The number of hydrogen-bond donors (Lipinski definition) is 2. The molecule has 0 atom stereocenters. The summed E-state index contributed by atoms with van der Waals surface area (Å²) in [6, 6.07) is 15.2. The van der Waals surface area contributed by atoms with Crippen molar-refractivity contribution in [2.45, 2.75) is 4.90 Å². The summed E-state index contributed by atoms with van der Waals surface area (Å²) in [7, 11) is -3.85. The molecule has 148 valence electrons. The molecule has 2 amide bonds. The SMILES string of the molecule is O=C1CN(S(=O)(=O)c2cccc(NC(=O)c3nccc4ccccc34)c2)CCN1. The molecule has 2 aromatic carbocycles. The Morgan fingerprint density at radius 3 is 2.76 bits per heavy atom. The molecule has 0 aliphatic carbocycles. The van der Waals surface area contributed by atoms with Crippen molar-refractivity contribution in [3.63, 3.8) is 0 Å². The molecule has 8 nitrogen and oxygen atoms in total. The van der Waals surface area contributed by atoms with Crippen LogP contribution in [-0.4, -0.2) is 49.2 Å². The van der Waals surface area contributed by atoms with Gasteiger partial charge in [-0.1, -0.05) is 30.3 Å².